The van der Waals surface area contributed by atoms with Crippen molar-refractivity contribution in [3.8, 4) is 0 Å². The third-order valence-electron chi connectivity index (χ3n) is 4.80. The van der Waals surface area contributed by atoms with Crippen LogP contribution < -0.4 is 5.32 Å². The SMILES string of the molecule is Cc1cc(C)n2nc(CC(=O)NCc3ccc(S(=O)(=O)N(C)C(C)C)cc3)nc2n1. The number of amides is 1. The number of hydrogen-bond donors (Lipinski definition) is 1. The van der Waals surface area contributed by atoms with Crippen LogP contribution in [0.25, 0.3) is 5.78 Å². The quantitative estimate of drug-likeness (QED) is 0.610. The van der Waals surface area contributed by atoms with E-state index >= 15 is 0 Å². The predicted molar refractivity (Wildman–Crippen MR) is 112 cm³/mol. The average Bonchev–Trinajstić information content (AvgIpc) is 3.08. The highest BCUT2D eigenvalue weighted by Crippen LogP contribution is 2.17. The van der Waals surface area contributed by atoms with Crippen LogP contribution in [0.15, 0.2) is 35.2 Å². The molecule has 0 saturated heterocycles. The highest BCUT2D eigenvalue weighted by Gasteiger charge is 2.22. The third kappa shape index (κ3) is 4.65. The molecule has 0 unspecified atom stereocenters. The first-order valence-electron chi connectivity index (χ1n) is 9.61. The highest BCUT2D eigenvalue weighted by atomic mass is 32.2. The molecular weight excluding hydrogens is 404 g/mol. The van der Waals surface area contributed by atoms with Crippen molar-refractivity contribution in [1.29, 1.82) is 0 Å². The Balaban J connectivity index is 1.62. The zero-order valence-corrected chi connectivity index (χ0v) is 18.6. The Morgan fingerprint density at radius 1 is 1.17 bits per heavy atom. The second-order valence-corrected chi connectivity index (χ2v) is 9.49. The fourth-order valence-electron chi connectivity index (χ4n) is 2.91. The maximum atomic E-state index is 12.5. The molecule has 10 heteroatoms. The second kappa shape index (κ2) is 8.49. The number of nitrogens with zero attached hydrogens (tertiary/aromatic N) is 5. The van der Waals surface area contributed by atoms with Crippen LogP contribution in [0, 0.1) is 13.8 Å². The summed E-state index contributed by atoms with van der Waals surface area (Å²) in [6.45, 7) is 7.70. The van der Waals surface area contributed by atoms with Gasteiger partial charge in [-0.25, -0.2) is 17.9 Å². The van der Waals surface area contributed by atoms with Gasteiger partial charge in [-0.1, -0.05) is 12.1 Å². The van der Waals surface area contributed by atoms with Crippen LogP contribution in [-0.4, -0.2) is 51.3 Å². The topological polar surface area (TPSA) is 110 Å². The highest BCUT2D eigenvalue weighted by molar-refractivity contribution is 7.89. The molecule has 0 bridgehead atoms. The number of carbonyl (C=O) groups is 1. The van der Waals surface area contributed by atoms with Crippen LogP contribution in [0.5, 0.6) is 0 Å². The molecule has 3 aromatic rings. The van der Waals surface area contributed by atoms with E-state index in [4.69, 9.17) is 0 Å². The number of sulfonamides is 1. The lowest BCUT2D eigenvalue weighted by atomic mass is 10.2. The van der Waals surface area contributed by atoms with Crippen LogP contribution in [0.3, 0.4) is 0 Å². The van der Waals surface area contributed by atoms with Crippen LogP contribution in [0.1, 0.15) is 36.6 Å². The molecular formula is C20H26N6O3S. The Kier molecular flexibility index (Phi) is 6.18. The molecule has 2 heterocycles. The Morgan fingerprint density at radius 3 is 2.47 bits per heavy atom. The van der Waals surface area contributed by atoms with Gasteiger partial charge in [0.05, 0.1) is 11.3 Å². The summed E-state index contributed by atoms with van der Waals surface area (Å²) in [4.78, 5) is 21.1. The molecule has 160 valence electrons. The maximum Gasteiger partial charge on any atom is 0.252 e. The first-order valence-corrected chi connectivity index (χ1v) is 11.1. The Bertz CT molecular complexity index is 1170. The maximum absolute atomic E-state index is 12.5. The summed E-state index contributed by atoms with van der Waals surface area (Å²) in [5.41, 5.74) is 2.54. The van der Waals surface area contributed by atoms with Crippen molar-refractivity contribution < 1.29 is 13.2 Å². The van der Waals surface area contributed by atoms with Gasteiger partial charge in [0.25, 0.3) is 5.78 Å². The van der Waals surface area contributed by atoms with Crippen molar-refractivity contribution in [3.05, 3.63) is 53.1 Å². The van der Waals surface area contributed by atoms with Crippen molar-refractivity contribution in [2.75, 3.05) is 7.05 Å². The molecule has 1 amide bonds. The van der Waals surface area contributed by atoms with Gasteiger partial charge in [-0.15, -0.1) is 5.10 Å². The zero-order valence-electron chi connectivity index (χ0n) is 17.7. The molecule has 0 fully saturated rings. The molecule has 3 rings (SSSR count). The van der Waals surface area contributed by atoms with Gasteiger partial charge in [0.2, 0.25) is 15.9 Å². The van der Waals surface area contributed by atoms with E-state index in [0.29, 0.717) is 11.6 Å². The standard InChI is InChI=1S/C20H26N6O3S/c1-13(2)25(5)30(28,29)17-8-6-16(7-9-17)12-21-19(27)11-18-23-20-22-14(3)10-15(4)26(20)24-18/h6-10,13H,11-12H2,1-5H3,(H,21,27). The molecule has 1 N–H and O–H groups in total. The smallest absolute Gasteiger partial charge is 0.252 e. The van der Waals surface area contributed by atoms with Gasteiger partial charge < -0.3 is 5.32 Å². The van der Waals surface area contributed by atoms with Gasteiger partial charge in [0, 0.05) is 31.0 Å². The Morgan fingerprint density at radius 2 is 1.83 bits per heavy atom. The van der Waals surface area contributed by atoms with Crippen molar-refractivity contribution in [2.45, 2.75) is 51.6 Å². The van der Waals surface area contributed by atoms with Crippen LogP contribution >= 0.6 is 0 Å². The molecule has 0 aliphatic rings. The van der Waals surface area contributed by atoms with E-state index in [1.807, 2.05) is 33.8 Å². The first-order chi connectivity index (χ1) is 14.1. The van der Waals surface area contributed by atoms with E-state index in [0.717, 1.165) is 17.0 Å². The Hall–Kier alpha value is -2.85. The lowest BCUT2D eigenvalue weighted by Gasteiger charge is -2.21. The van der Waals surface area contributed by atoms with Crippen molar-refractivity contribution >= 4 is 21.7 Å². The van der Waals surface area contributed by atoms with E-state index in [-0.39, 0.29) is 29.8 Å². The summed E-state index contributed by atoms with van der Waals surface area (Å²) in [5.74, 6) is 0.641. The number of hydrogen-bond acceptors (Lipinski definition) is 6. The molecule has 0 aliphatic carbocycles. The zero-order chi connectivity index (χ0) is 22.1. The fourth-order valence-corrected chi connectivity index (χ4v) is 4.28. The van der Waals surface area contributed by atoms with Crippen molar-refractivity contribution in [2.24, 2.45) is 0 Å². The lowest BCUT2D eigenvalue weighted by molar-refractivity contribution is -0.120. The van der Waals surface area contributed by atoms with Gasteiger partial charge in [0.15, 0.2) is 5.82 Å². The predicted octanol–water partition coefficient (Wildman–Crippen LogP) is 1.63. The van der Waals surface area contributed by atoms with E-state index in [9.17, 15) is 13.2 Å². The van der Waals surface area contributed by atoms with E-state index in [1.54, 1.807) is 35.8 Å². The number of fused-ring (bicyclic) bond motifs is 1. The first kappa shape index (κ1) is 21.8. The summed E-state index contributed by atoms with van der Waals surface area (Å²) in [5, 5.41) is 7.14. The number of benzene rings is 1. The van der Waals surface area contributed by atoms with E-state index in [1.165, 1.54) is 4.31 Å². The number of carbonyl (C=O) groups excluding carboxylic acids is 1. The molecule has 0 radical (unpaired) electrons. The molecule has 30 heavy (non-hydrogen) atoms. The normalized spacial score (nSPS) is 12.1. The number of rotatable bonds is 7. The summed E-state index contributed by atoms with van der Waals surface area (Å²) < 4.78 is 28.0. The monoisotopic (exact) mass is 430 g/mol. The molecule has 0 atom stereocenters. The summed E-state index contributed by atoms with van der Waals surface area (Å²) in [6.07, 6.45) is 0.0352. The second-order valence-electron chi connectivity index (χ2n) is 7.49. The minimum atomic E-state index is -3.53. The van der Waals surface area contributed by atoms with Crippen molar-refractivity contribution in [1.82, 2.24) is 29.2 Å². The van der Waals surface area contributed by atoms with E-state index in [2.05, 4.69) is 20.4 Å². The van der Waals surface area contributed by atoms with Crippen molar-refractivity contribution in [3.63, 3.8) is 0 Å². The van der Waals surface area contributed by atoms with Crippen LogP contribution in [-0.2, 0) is 27.8 Å². The number of aryl methyl sites for hydroxylation is 2. The van der Waals surface area contributed by atoms with Gasteiger partial charge in [-0.2, -0.15) is 9.29 Å². The summed E-state index contributed by atoms with van der Waals surface area (Å²) >= 11 is 0. The minimum Gasteiger partial charge on any atom is -0.352 e. The van der Waals surface area contributed by atoms with Gasteiger partial charge in [-0.05, 0) is 51.5 Å². The van der Waals surface area contributed by atoms with Crippen LogP contribution in [0.2, 0.25) is 0 Å². The fraction of sp³-hybridized carbons (Fsp3) is 0.400. The lowest BCUT2D eigenvalue weighted by Crippen LogP contribution is -2.33. The molecule has 0 spiro atoms. The minimum absolute atomic E-state index is 0.0352. The summed E-state index contributed by atoms with van der Waals surface area (Å²) in [6, 6.07) is 8.26. The van der Waals surface area contributed by atoms with Gasteiger partial charge in [-0.3, -0.25) is 4.79 Å². The van der Waals surface area contributed by atoms with E-state index < -0.39 is 10.0 Å². The van der Waals surface area contributed by atoms with Gasteiger partial charge >= 0.3 is 0 Å². The molecule has 1 aromatic carbocycles. The van der Waals surface area contributed by atoms with Crippen LogP contribution in [0.4, 0.5) is 0 Å². The summed E-state index contributed by atoms with van der Waals surface area (Å²) in [7, 11) is -1.97. The number of nitrogens with one attached hydrogen (secondary N) is 1. The Labute approximate surface area is 176 Å². The molecule has 0 saturated carbocycles. The molecule has 9 nitrogen and oxygen atoms in total. The average molecular weight is 431 g/mol. The number of aromatic nitrogens is 4. The van der Waals surface area contributed by atoms with Gasteiger partial charge in [0.1, 0.15) is 0 Å². The largest absolute Gasteiger partial charge is 0.352 e. The third-order valence-corrected chi connectivity index (χ3v) is 6.85. The molecule has 2 aromatic heterocycles. The molecule has 0 aliphatic heterocycles.